The Balaban J connectivity index is 2.82. The van der Waals surface area contributed by atoms with Gasteiger partial charge in [0.2, 0.25) is 0 Å². The maximum Gasteiger partial charge on any atom is 0.378 e. The molecular formula is C13H23N3O2. The van der Waals surface area contributed by atoms with E-state index in [-0.39, 0.29) is 11.2 Å². The average Bonchev–Trinajstić information content (AvgIpc) is 2.59. The molecule has 102 valence electrons. The van der Waals surface area contributed by atoms with E-state index in [4.69, 9.17) is 4.74 Å². The van der Waals surface area contributed by atoms with Gasteiger partial charge in [0.1, 0.15) is 5.82 Å². The Morgan fingerprint density at radius 3 is 2.56 bits per heavy atom. The van der Waals surface area contributed by atoms with Crippen molar-refractivity contribution in [3.05, 3.63) is 11.6 Å². The number of nitrogens with zero attached hydrogens (tertiary/aromatic N) is 3. The molecule has 5 nitrogen and oxygen atoms in total. The third-order valence-electron chi connectivity index (χ3n) is 3.28. The molecule has 18 heavy (non-hydrogen) atoms. The van der Waals surface area contributed by atoms with Crippen LogP contribution >= 0.6 is 0 Å². The number of rotatable bonds is 4. The van der Waals surface area contributed by atoms with Gasteiger partial charge >= 0.3 is 5.97 Å². The van der Waals surface area contributed by atoms with Crippen molar-refractivity contribution in [1.29, 1.82) is 0 Å². The minimum Gasteiger partial charge on any atom is -0.460 e. The molecule has 0 radical (unpaired) electrons. The van der Waals surface area contributed by atoms with Crippen molar-refractivity contribution >= 4 is 5.97 Å². The van der Waals surface area contributed by atoms with Crippen molar-refractivity contribution < 1.29 is 9.53 Å². The molecule has 1 atom stereocenters. The smallest absolute Gasteiger partial charge is 0.378 e. The summed E-state index contributed by atoms with van der Waals surface area (Å²) in [6.07, 6.45) is 0.798. The minimum absolute atomic E-state index is 0.149. The molecule has 1 aromatic rings. The van der Waals surface area contributed by atoms with Crippen LogP contribution in [0.25, 0.3) is 0 Å². The molecule has 0 aliphatic carbocycles. The van der Waals surface area contributed by atoms with E-state index in [9.17, 15) is 4.79 Å². The number of esters is 1. The van der Waals surface area contributed by atoms with Crippen molar-refractivity contribution in [2.75, 3.05) is 6.61 Å². The van der Waals surface area contributed by atoms with Gasteiger partial charge in [0.15, 0.2) is 0 Å². The lowest BCUT2D eigenvalue weighted by Gasteiger charge is -2.26. The number of aromatic nitrogens is 3. The molecule has 0 aliphatic heterocycles. The topological polar surface area (TPSA) is 57.0 Å². The van der Waals surface area contributed by atoms with Crippen molar-refractivity contribution in [2.24, 2.45) is 18.4 Å². The maximum atomic E-state index is 11.5. The van der Waals surface area contributed by atoms with Gasteiger partial charge < -0.3 is 4.74 Å². The highest BCUT2D eigenvalue weighted by atomic mass is 16.5. The third kappa shape index (κ3) is 3.55. The number of ether oxygens (including phenoxy) is 1. The molecule has 0 saturated heterocycles. The minimum atomic E-state index is -0.456. The van der Waals surface area contributed by atoms with Gasteiger partial charge in [-0.3, -0.25) is 4.68 Å². The van der Waals surface area contributed by atoms with Crippen molar-refractivity contribution in [1.82, 2.24) is 14.8 Å². The average molecular weight is 253 g/mol. The molecule has 0 aliphatic rings. The highest BCUT2D eigenvalue weighted by Crippen LogP contribution is 2.27. The summed E-state index contributed by atoms with van der Waals surface area (Å²) in [4.78, 5) is 15.8. The molecule has 0 aromatic carbocycles. The first kappa shape index (κ1) is 14.7. The Hall–Kier alpha value is -1.39. The maximum absolute atomic E-state index is 11.5. The number of hydrogen-bond donors (Lipinski definition) is 0. The second-order valence-corrected chi connectivity index (χ2v) is 5.67. The van der Waals surface area contributed by atoms with E-state index in [1.165, 1.54) is 0 Å². The molecule has 5 heteroatoms. The summed E-state index contributed by atoms with van der Waals surface area (Å²) in [6.45, 7) is 10.9. The standard InChI is InChI=1S/C13H23N3O2/c1-7-18-12(17)11-14-10(16(6)15-11)8-9(2)13(3,4)5/h9H,7-8H2,1-6H3. The Morgan fingerprint density at radius 1 is 1.44 bits per heavy atom. The van der Waals surface area contributed by atoms with E-state index in [0.29, 0.717) is 12.5 Å². The van der Waals surface area contributed by atoms with Crippen LogP contribution in [-0.2, 0) is 18.2 Å². The summed E-state index contributed by atoms with van der Waals surface area (Å²) >= 11 is 0. The SMILES string of the molecule is CCOC(=O)c1nc(CC(C)C(C)(C)C)n(C)n1. The molecule has 1 aromatic heterocycles. The predicted molar refractivity (Wildman–Crippen MR) is 69.3 cm³/mol. The Bertz CT molecular complexity index is 418. The second-order valence-electron chi connectivity index (χ2n) is 5.67. The zero-order valence-electron chi connectivity index (χ0n) is 12.1. The summed E-state index contributed by atoms with van der Waals surface area (Å²) in [5, 5.41) is 4.10. The van der Waals surface area contributed by atoms with Crippen LogP contribution in [-0.4, -0.2) is 27.3 Å². The van der Waals surface area contributed by atoms with E-state index < -0.39 is 5.97 Å². The van der Waals surface area contributed by atoms with Crippen molar-refractivity contribution in [3.63, 3.8) is 0 Å². The van der Waals surface area contributed by atoms with E-state index in [0.717, 1.165) is 12.2 Å². The summed E-state index contributed by atoms with van der Waals surface area (Å²) in [5.41, 5.74) is 0.204. The zero-order chi connectivity index (χ0) is 13.9. The van der Waals surface area contributed by atoms with Gasteiger partial charge in [0, 0.05) is 13.5 Å². The second kappa shape index (κ2) is 5.50. The lowest BCUT2D eigenvalue weighted by atomic mass is 9.80. The molecule has 0 saturated carbocycles. The van der Waals surface area contributed by atoms with Gasteiger partial charge in [0.25, 0.3) is 5.82 Å². The summed E-state index contributed by atoms with van der Waals surface area (Å²) in [5.74, 6) is 0.967. The van der Waals surface area contributed by atoms with E-state index in [1.807, 2.05) is 0 Å². The van der Waals surface area contributed by atoms with Crippen molar-refractivity contribution in [3.8, 4) is 0 Å². The first-order chi connectivity index (χ1) is 8.25. The number of carbonyl (C=O) groups excluding carboxylic acids is 1. The first-order valence-electron chi connectivity index (χ1n) is 6.32. The quantitative estimate of drug-likeness (QED) is 0.772. The summed E-state index contributed by atoms with van der Waals surface area (Å²) in [6, 6.07) is 0. The van der Waals surface area contributed by atoms with Crippen LogP contribution in [0.2, 0.25) is 0 Å². The molecule has 0 fully saturated rings. The molecule has 1 rings (SSSR count). The van der Waals surface area contributed by atoms with E-state index >= 15 is 0 Å². The molecular weight excluding hydrogens is 230 g/mol. The monoisotopic (exact) mass is 253 g/mol. The van der Waals surface area contributed by atoms with Gasteiger partial charge in [-0.15, -0.1) is 5.10 Å². The predicted octanol–water partition coefficient (Wildman–Crippen LogP) is 2.22. The zero-order valence-corrected chi connectivity index (χ0v) is 12.1. The molecule has 1 unspecified atom stereocenters. The van der Waals surface area contributed by atoms with Gasteiger partial charge in [-0.2, -0.15) is 0 Å². The number of hydrogen-bond acceptors (Lipinski definition) is 4. The van der Waals surface area contributed by atoms with Gasteiger partial charge in [-0.25, -0.2) is 9.78 Å². The lowest BCUT2D eigenvalue weighted by molar-refractivity contribution is 0.0511. The summed E-state index contributed by atoms with van der Waals surface area (Å²) in [7, 11) is 1.81. The molecule has 1 heterocycles. The lowest BCUT2D eigenvalue weighted by Crippen LogP contribution is -2.21. The van der Waals surface area contributed by atoms with Gasteiger partial charge in [-0.1, -0.05) is 27.7 Å². The van der Waals surface area contributed by atoms with Crippen LogP contribution in [0, 0.1) is 11.3 Å². The fraction of sp³-hybridized carbons (Fsp3) is 0.769. The molecule has 0 N–H and O–H groups in total. The number of carbonyl (C=O) groups is 1. The Kier molecular flexibility index (Phi) is 4.48. The normalized spacial score (nSPS) is 13.4. The highest BCUT2D eigenvalue weighted by molar-refractivity contribution is 5.84. The first-order valence-corrected chi connectivity index (χ1v) is 6.32. The largest absolute Gasteiger partial charge is 0.460 e. The highest BCUT2D eigenvalue weighted by Gasteiger charge is 2.23. The fourth-order valence-corrected chi connectivity index (χ4v) is 1.46. The van der Waals surface area contributed by atoms with Gasteiger partial charge in [0.05, 0.1) is 6.61 Å². The Morgan fingerprint density at radius 2 is 2.06 bits per heavy atom. The molecule has 0 amide bonds. The van der Waals surface area contributed by atoms with Crippen LogP contribution in [0.15, 0.2) is 0 Å². The fourth-order valence-electron chi connectivity index (χ4n) is 1.46. The van der Waals surface area contributed by atoms with Gasteiger partial charge in [-0.05, 0) is 18.3 Å². The van der Waals surface area contributed by atoms with Crippen LogP contribution in [0.5, 0.6) is 0 Å². The Labute approximate surface area is 109 Å². The van der Waals surface area contributed by atoms with E-state index in [2.05, 4.69) is 37.8 Å². The van der Waals surface area contributed by atoms with Crippen LogP contribution in [0.1, 0.15) is 51.1 Å². The van der Waals surface area contributed by atoms with Crippen LogP contribution < -0.4 is 0 Å². The van der Waals surface area contributed by atoms with E-state index in [1.54, 1.807) is 18.7 Å². The molecule has 0 bridgehead atoms. The summed E-state index contributed by atoms with van der Waals surface area (Å²) < 4.78 is 6.55. The van der Waals surface area contributed by atoms with Crippen LogP contribution in [0.4, 0.5) is 0 Å². The number of aryl methyl sites for hydroxylation is 1. The van der Waals surface area contributed by atoms with Crippen LogP contribution in [0.3, 0.4) is 0 Å². The third-order valence-corrected chi connectivity index (χ3v) is 3.28. The van der Waals surface area contributed by atoms with Crippen molar-refractivity contribution in [2.45, 2.75) is 41.0 Å². The molecule has 0 spiro atoms.